The predicted molar refractivity (Wildman–Crippen MR) is 65.8 cm³/mol. The van der Waals surface area contributed by atoms with Crippen molar-refractivity contribution in [3.8, 4) is 5.75 Å². The summed E-state index contributed by atoms with van der Waals surface area (Å²) in [5.74, 6) is 0.711. The molecular weight excluding hydrogens is 202 g/mol. The van der Waals surface area contributed by atoms with E-state index >= 15 is 0 Å². The molecule has 86 valence electrons. The molecular formula is C13H17NO2. The number of likely N-dealkylation sites (N-methyl/N-ethyl adjacent to an activating group) is 1. The average molecular weight is 219 g/mol. The third-order valence-corrected chi connectivity index (χ3v) is 2.18. The number of hydrogen-bond acceptors (Lipinski definition) is 2. The third-order valence-electron chi connectivity index (χ3n) is 2.18. The van der Waals surface area contributed by atoms with Crippen LogP contribution in [0.2, 0.25) is 0 Å². The van der Waals surface area contributed by atoms with Crippen LogP contribution >= 0.6 is 0 Å². The first kappa shape index (κ1) is 12.3. The van der Waals surface area contributed by atoms with Crippen LogP contribution in [-0.4, -0.2) is 20.1 Å². The maximum Gasteiger partial charge on any atom is 0.250 e. The fraction of sp³-hybridized carbons (Fsp3) is 0.308. The number of carbonyl (C=O) groups excluding carboxylic acids is 1. The number of allylic oxidation sites excluding steroid dienone is 1. The largest absolute Gasteiger partial charge is 0.497 e. The molecule has 0 bridgehead atoms. The number of methoxy groups -OCH3 is 1. The summed E-state index contributed by atoms with van der Waals surface area (Å²) >= 11 is 0. The van der Waals surface area contributed by atoms with Crippen molar-refractivity contribution in [3.63, 3.8) is 0 Å². The number of benzene rings is 1. The monoisotopic (exact) mass is 219 g/mol. The van der Waals surface area contributed by atoms with Crippen molar-refractivity contribution in [1.29, 1.82) is 0 Å². The Morgan fingerprint density at radius 3 is 2.62 bits per heavy atom. The fourth-order valence-corrected chi connectivity index (χ4v) is 1.29. The molecule has 0 atom stereocenters. The van der Waals surface area contributed by atoms with Gasteiger partial charge < -0.3 is 9.64 Å². The van der Waals surface area contributed by atoms with E-state index < -0.39 is 0 Å². The highest BCUT2D eigenvalue weighted by atomic mass is 16.5. The van der Waals surface area contributed by atoms with Crippen LogP contribution in [0.15, 0.2) is 35.9 Å². The van der Waals surface area contributed by atoms with Gasteiger partial charge in [-0.3, -0.25) is 4.79 Å². The molecule has 0 heterocycles. The maximum atomic E-state index is 11.8. The van der Waals surface area contributed by atoms with E-state index in [-0.39, 0.29) is 5.91 Å². The summed E-state index contributed by atoms with van der Waals surface area (Å²) in [6.45, 7) is 3.80. The highest BCUT2D eigenvalue weighted by Crippen LogP contribution is 2.20. The van der Waals surface area contributed by atoms with Crippen molar-refractivity contribution in [2.45, 2.75) is 13.8 Å². The van der Waals surface area contributed by atoms with Gasteiger partial charge in [0.15, 0.2) is 0 Å². The summed E-state index contributed by atoms with van der Waals surface area (Å²) in [5.41, 5.74) is 1.81. The minimum Gasteiger partial charge on any atom is -0.497 e. The molecule has 0 aliphatic carbocycles. The topological polar surface area (TPSA) is 29.5 Å². The van der Waals surface area contributed by atoms with Crippen molar-refractivity contribution < 1.29 is 9.53 Å². The van der Waals surface area contributed by atoms with Crippen LogP contribution < -0.4 is 9.64 Å². The predicted octanol–water partition coefficient (Wildman–Crippen LogP) is 2.62. The van der Waals surface area contributed by atoms with Crippen LogP contribution in [0, 0.1) is 0 Å². The molecule has 0 spiro atoms. The Morgan fingerprint density at radius 1 is 1.38 bits per heavy atom. The van der Waals surface area contributed by atoms with Gasteiger partial charge in [0.05, 0.1) is 7.11 Å². The Balaban J connectivity index is 2.91. The van der Waals surface area contributed by atoms with E-state index in [0.29, 0.717) is 0 Å². The van der Waals surface area contributed by atoms with E-state index in [9.17, 15) is 4.79 Å². The first-order valence-corrected chi connectivity index (χ1v) is 5.11. The maximum absolute atomic E-state index is 11.8. The van der Waals surface area contributed by atoms with Gasteiger partial charge in [-0.05, 0) is 26.0 Å². The molecule has 3 heteroatoms. The van der Waals surface area contributed by atoms with E-state index in [1.165, 1.54) is 0 Å². The van der Waals surface area contributed by atoms with E-state index in [1.807, 2.05) is 38.1 Å². The van der Waals surface area contributed by atoms with Gasteiger partial charge in [-0.1, -0.05) is 11.6 Å². The molecule has 1 aromatic carbocycles. The smallest absolute Gasteiger partial charge is 0.250 e. The first-order valence-electron chi connectivity index (χ1n) is 5.11. The number of amides is 1. The zero-order valence-corrected chi connectivity index (χ0v) is 10.2. The van der Waals surface area contributed by atoms with Gasteiger partial charge >= 0.3 is 0 Å². The number of hydrogen-bond donors (Lipinski definition) is 0. The Kier molecular flexibility index (Phi) is 4.11. The van der Waals surface area contributed by atoms with Crippen molar-refractivity contribution >= 4 is 11.6 Å². The van der Waals surface area contributed by atoms with Crippen LogP contribution in [0.25, 0.3) is 0 Å². The van der Waals surface area contributed by atoms with Crippen molar-refractivity contribution in [2.75, 3.05) is 19.1 Å². The molecule has 1 rings (SSSR count). The Morgan fingerprint density at radius 2 is 2.06 bits per heavy atom. The number of anilines is 1. The molecule has 0 aromatic heterocycles. The standard InChI is InChI=1S/C13H17NO2/c1-10(2)8-13(15)14(3)11-6-5-7-12(9-11)16-4/h5-9H,1-4H3. The SMILES string of the molecule is COc1cccc(N(C)C(=O)C=C(C)C)c1. The Labute approximate surface area is 96.3 Å². The van der Waals surface area contributed by atoms with Crippen LogP contribution in [0.1, 0.15) is 13.8 Å². The Hall–Kier alpha value is -1.77. The van der Waals surface area contributed by atoms with Crippen LogP contribution in [0.5, 0.6) is 5.75 Å². The molecule has 0 aliphatic rings. The van der Waals surface area contributed by atoms with Crippen molar-refractivity contribution in [1.82, 2.24) is 0 Å². The van der Waals surface area contributed by atoms with Gasteiger partial charge in [0, 0.05) is 24.9 Å². The van der Waals surface area contributed by atoms with E-state index in [0.717, 1.165) is 17.0 Å². The highest BCUT2D eigenvalue weighted by Gasteiger charge is 2.08. The van der Waals surface area contributed by atoms with Gasteiger partial charge in [-0.2, -0.15) is 0 Å². The Bertz CT molecular complexity index is 406. The normalized spacial score (nSPS) is 9.50. The zero-order chi connectivity index (χ0) is 12.1. The molecule has 16 heavy (non-hydrogen) atoms. The number of nitrogens with zero attached hydrogens (tertiary/aromatic N) is 1. The van der Waals surface area contributed by atoms with Gasteiger partial charge in [-0.25, -0.2) is 0 Å². The molecule has 1 amide bonds. The quantitative estimate of drug-likeness (QED) is 0.731. The van der Waals surface area contributed by atoms with Crippen molar-refractivity contribution in [2.24, 2.45) is 0 Å². The van der Waals surface area contributed by atoms with E-state index in [4.69, 9.17) is 4.74 Å². The number of carbonyl (C=O) groups is 1. The molecule has 1 aromatic rings. The summed E-state index contributed by atoms with van der Waals surface area (Å²) in [6.07, 6.45) is 1.61. The molecule has 0 radical (unpaired) electrons. The summed E-state index contributed by atoms with van der Waals surface area (Å²) < 4.78 is 5.11. The summed E-state index contributed by atoms with van der Waals surface area (Å²) in [4.78, 5) is 13.4. The lowest BCUT2D eigenvalue weighted by Crippen LogP contribution is -2.24. The highest BCUT2D eigenvalue weighted by molar-refractivity contribution is 6.01. The van der Waals surface area contributed by atoms with E-state index in [2.05, 4.69) is 0 Å². The lowest BCUT2D eigenvalue weighted by atomic mass is 10.2. The van der Waals surface area contributed by atoms with Gasteiger partial charge in [0.25, 0.3) is 5.91 Å². The minimum absolute atomic E-state index is 0.0340. The van der Waals surface area contributed by atoms with Gasteiger partial charge in [0.1, 0.15) is 5.75 Å². The molecule has 3 nitrogen and oxygen atoms in total. The molecule has 0 saturated carbocycles. The molecule has 0 N–H and O–H groups in total. The summed E-state index contributed by atoms with van der Waals surface area (Å²) in [7, 11) is 3.35. The van der Waals surface area contributed by atoms with Gasteiger partial charge in [0.2, 0.25) is 0 Å². The minimum atomic E-state index is -0.0340. The van der Waals surface area contributed by atoms with Crippen molar-refractivity contribution in [3.05, 3.63) is 35.9 Å². The third kappa shape index (κ3) is 3.12. The fourth-order valence-electron chi connectivity index (χ4n) is 1.29. The second kappa shape index (κ2) is 5.35. The lowest BCUT2D eigenvalue weighted by molar-refractivity contribution is -0.113. The van der Waals surface area contributed by atoms with Crippen LogP contribution in [0.3, 0.4) is 0 Å². The molecule has 0 unspecified atom stereocenters. The van der Waals surface area contributed by atoms with Crippen LogP contribution in [0.4, 0.5) is 5.69 Å². The molecule has 0 fully saturated rings. The molecule has 0 saturated heterocycles. The van der Waals surface area contributed by atoms with Gasteiger partial charge in [-0.15, -0.1) is 0 Å². The van der Waals surface area contributed by atoms with E-state index in [1.54, 1.807) is 25.1 Å². The number of rotatable bonds is 3. The molecule has 0 aliphatic heterocycles. The average Bonchev–Trinajstić information content (AvgIpc) is 2.27. The lowest BCUT2D eigenvalue weighted by Gasteiger charge is -2.16. The summed E-state index contributed by atoms with van der Waals surface area (Å²) in [6, 6.07) is 7.42. The second-order valence-electron chi connectivity index (χ2n) is 3.82. The zero-order valence-electron chi connectivity index (χ0n) is 10.2. The number of ether oxygens (including phenoxy) is 1. The summed E-state index contributed by atoms with van der Waals surface area (Å²) in [5, 5.41) is 0. The second-order valence-corrected chi connectivity index (χ2v) is 3.82. The van der Waals surface area contributed by atoms with Crippen LogP contribution in [-0.2, 0) is 4.79 Å². The first-order chi connectivity index (χ1) is 7.54.